The molecule has 1 heterocycles. The van der Waals surface area contributed by atoms with Crippen molar-refractivity contribution >= 4 is 5.69 Å². The van der Waals surface area contributed by atoms with Crippen LogP contribution in [0.5, 0.6) is 0 Å². The van der Waals surface area contributed by atoms with E-state index >= 15 is 0 Å². The average molecular weight is 287 g/mol. The van der Waals surface area contributed by atoms with Gasteiger partial charge in [-0.05, 0) is 43.4 Å². The van der Waals surface area contributed by atoms with Crippen LogP contribution in [0, 0.1) is 5.92 Å². The van der Waals surface area contributed by atoms with Crippen molar-refractivity contribution < 1.29 is 18.3 Å². The molecule has 2 atom stereocenters. The van der Waals surface area contributed by atoms with Gasteiger partial charge in [0.15, 0.2) is 0 Å². The van der Waals surface area contributed by atoms with Gasteiger partial charge in [0, 0.05) is 18.3 Å². The van der Waals surface area contributed by atoms with E-state index in [1.807, 2.05) is 11.8 Å². The Bertz CT molecular complexity index is 473. The summed E-state index contributed by atoms with van der Waals surface area (Å²) >= 11 is 0. The second-order valence-electron chi connectivity index (χ2n) is 5.67. The fourth-order valence-corrected chi connectivity index (χ4v) is 2.94. The maximum atomic E-state index is 13.0. The van der Waals surface area contributed by atoms with Crippen LogP contribution in [0.4, 0.5) is 18.9 Å². The molecule has 2 rings (SSSR count). The maximum Gasteiger partial charge on any atom is 0.416 e. The van der Waals surface area contributed by atoms with Crippen LogP contribution < -0.4 is 4.90 Å². The number of anilines is 1. The van der Waals surface area contributed by atoms with Gasteiger partial charge in [0.1, 0.15) is 0 Å². The molecule has 0 aromatic heterocycles. The molecule has 1 aromatic carbocycles. The molecule has 1 fully saturated rings. The van der Waals surface area contributed by atoms with E-state index in [4.69, 9.17) is 5.11 Å². The van der Waals surface area contributed by atoms with Crippen LogP contribution in [0.2, 0.25) is 0 Å². The summed E-state index contributed by atoms with van der Waals surface area (Å²) in [6.45, 7) is 4.40. The highest BCUT2D eigenvalue weighted by Gasteiger charge is 2.34. The monoisotopic (exact) mass is 287 g/mol. The van der Waals surface area contributed by atoms with Gasteiger partial charge in [-0.3, -0.25) is 0 Å². The van der Waals surface area contributed by atoms with Crippen LogP contribution in [-0.4, -0.2) is 17.7 Å². The number of aliphatic hydroxyl groups excluding tert-OH is 1. The molecule has 0 spiro atoms. The van der Waals surface area contributed by atoms with Gasteiger partial charge in [-0.15, -0.1) is 0 Å². The SMILES string of the molecule is CC1CCN(c2ccc(CO)c(C(F)(F)F)c2)C(C)C1. The first-order chi connectivity index (χ1) is 9.32. The van der Waals surface area contributed by atoms with Gasteiger partial charge in [-0.2, -0.15) is 13.2 Å². The number of benzene rings is 1. The third-order valence-electron chi connectivity index (χ3n) is 4.04. The first-order valence-corrected chi connectivity index (χ1v) is 6.90. The molecule has 0 bridgehead atoms. The van der Waals surface area contributed by atoms with E-state index in [0.717, 1.165) is 25.5 Å². The zero-order valence-corrected chi connectivity index (χ0v) is 11.7. The summed E-state index contributed by atoms with van der Waals surface area (Å²) in [5.41, 5.74) is -0.212. The van der Waals surface area contributed by atoms with E-state index in [1.165, 1.54) is 6.07 Å². The minimum atomic E-state index is -4.43. The van der Waals surface area contributed by atoms with Crippen LogP contribution >= 0.6 is 0 Å². The zero-order chi connectivity index (χ0) is 14.9. The second kappa shape index (κ2) is 5.64. The molecular weight excluding hydrogens is 267 g/mol. The first-order valence-electron chi connectivity index (χ1n) is 6.90. The lowest BCUT2D eigenvalue weighted by atomic mass is 9.92. The Morgan fingerprint density at radius 2 is 2.00 bits per heavy atom. The van der Waals surface area contributed by atoms with Gasteiger partial charge in [0.25, 0.3) is 0 Å². The van der Waals surface area contributed by atoms with Crippen molar-refractivity contribution in [1.29, 1.82) is 0 Å². The summed E-state index contributed by atoms with van der Waals surface area (Å²) in [5, 5.41) is 9.06. The van der Waals surface area contributed by atoms with E-state index in [9.17, 15) is 13.2 Å². The summed E-state index contributed by atoms with van der Waals surface area (Å²) in [4.78, 5) is 2.02. The van der Waals surface area contributed by atoms with Crippen LogP contribution in [0.15, 0.2) is 18.2 Å². The number of hydrogen-bond acceptors (Lipinski definition) is 2. The van der Waals surface area contributed by atoms with Crippen LogP contribution in [0.25, 0.3) is 0 Å². The molecule has 1 aliphatic rings. The van der Waals surface area contributed by atoms with Crippen LogP contribution in [-0.2, 0) is 12.8 Å². The molecule has 112 valence electrons. The lowest BCUT2D eigenvalue weighted by Crippen LogP contribution is -2.40. The molecular formula is C15H20F3NO. The third-order valence-corrected chi connectivity index (χ3v) is 4.04. The molecule has 0 radical (unpaired) electrons. The summed E-state index contributed by atoms with van der Waals surface area (Å²) in [7, 11) is 0. The fourth-order valence-electron chi connectivity index (χ4n) is 2.94. The Morgan fingerprint density at radius 3 is 2.55 bits per heavy atom. The van der Waals surface area contributed by atoms with Gasteiger partial charge < -0.3 is 10.0 Å². The number of halogens is 3. The number of aliphatic hydroxyl groups is 1. The summed E-state index contributed by atoms with van der Waals surface area (Å²) in [6.07, 6.45) is -2.45. The molecule has 1 saturated heterocycles. The summed E-state index contributed by atoms with van der Waals surface area (Å²) < 4.78 is 39.0. The second-order valence-corrected chi connectivity index (χ2v) is 5.67. The van der Waals surface area contributed by atoms with Crippen molar-refractivity contribution in [2.75, 3.05) is 11.4 Å². The molecule has 5 heteroatoms. The van der Waals surface area contributed by atoms with Crippen molar-refractivity contribution in [3.63, 3.8) is 0 Å². The van der Waals surface area contributed by atoms with E-state index in [2.05, 4.69) is 6.92 Å². The normalized spacial score (nSPS) is 24.0. The summed E-state index contributed by atoms with van der Waals surface area (Å²) in [5.74, 6) is 0.611. The Morgan fingerprint density at radius 1 is 1.30 bits per heavy atom. The largest absolute Gasteiger partial charge is 0.416 e. The van der Waals surface area contributed by atoms with Crippen molar-refractivity contribution in [3.05, 3.63) is 29.3 Å². The van der Waals surface area contributed by atoms with Crippen molar-refractivity contribution in [2.45, 2.75) is 45.5 Å². The Hall–Kier alpha value is -1.23. The number of hydrogen-bond donors (Lipinski definition) is 1. The molecule has 0 aliphatic carbocycles. The molecule has 0 amide bonds. The molecule has 2 unspecified atom stereocenters. The molecule has 0 saturated carbocycles. The van der Waals surface area contributed by atoms with Gasteiger partial charge in [0.05, 0.1) is 12.2 Å². The van der Waals surface area contributed by atoms with Crippen molar-refractivity contribution in [1.82, 2.24) is 0 Å². The first kappa shape index (κ1) is 15.2. The quantitative estimate of drug-likeness (QED) is 0.893. The summed E-state index contributed by atoms with van der Waals surface area (Å²) in [6, 6.07) is 4.45. The Kier molecular flexibility index (Phi) is 4.28. The predicted molar refractivity (Wildman–Crippen MR) is 72.6 cm³/mol. The van der Waals surface area contributed by atoms with Crippen LogP contribution in [0.3, 0.4) is 0 Å². The Labute approximate surface area is 117 Å². The van der Waals surface area contributed by atoms with Gasteiger partial charge in [0.2, 0.25) is 0 Å². The highest BCUT2D eigenvalue weighted by atomic mass is 19.4. The topological polar surface area (TPSA) is 23.5 Å². The molecule has 20 heavy (non-hydrogen) atoms. The number of alkyl halides is 3. The van der Waals surface area contributed by atoms with Gasteiger partial charge in [-0.1, -0.05) is 13.0 Å². The van der Waals surface area contributed by atoms with Gasteiger partial charge in [-0.25, -0.2) is 0 Å². The standard InChI is InChI=1S/C15H20F3NO/c1-10-5-6-19(11(2)7-10)13-4-3-12(9-20)14(8-13)15(16,17)18/h3-4,8,10-11,20H,5-7,9H2,1-2H3. The molecule has 1 aromatic rings. The number of piperidine rings is 1. The minimum absolute atomic E-state index is 0.0701. The highest BCUT2D eigenvalue weighted by molar-refractivity contribution is 5.53. The van der Waals surface area contributed by atoms with Crippen molar-refractivity contribution in [2.24, 2.45) is 5.92 Å². The van der Waals surface area contributed by atoms with E-state index in [0.29, 0.717) is 11.6 Å². The number of nitrogens with zero attached hydrogens (tertiary/aromatic N) is 1. The Balaban J connectivity index is 2.34. The average Bonchev–Trinajstić information content (AvgIpc) is 2.37. The molecule has 2 nitrogen and oxygen atoms in total. The third kappa shape index (κ3) is 3.08. The maximum absolute atomic E-state index is 13.0. The fraction of sp³-hybridized carbons (Fsp3) is 0.600. The lowest BCUT2D eigenvalue weighted by Gasteiger charge is -2.38. The van der Waals surface area contributed by atoms with E-state index in [1.54, 1.807) is 6.07 Å². The predicted octanol–water partition coefficient (Wildman–Crippen LogP) is 3.82. The van der Waals surface area contributed by atoms with Gasteiger partial charge >= 0.3 is 6.18 Å². The lowest BCUT2D eigenvalue weighted by molar-refractivity contribution is -0.138. The van der Waals surface area contributed by atoms with E-state index < -0.39 is 18.3 Å². The highest BCUT2D eigenvalue weighted by Crippen LogP contribution is 2.36. The van der Waals surface area contributed by atoms with Crippen LogP contribution in [0.1, 0.15) is 37.8 Å². The molecule has 1 N–H and O–H groups in total. The zero-order valence-electron chi connectivity index (χ0n) is 11.7. The van der Waals surface area contributed by atoms with E-state index in [-0.39, 0.29) is 11.6 Å². The number of rotatable bonds is 2. The van der Waals surface area contributed by atoms with Crippen molar-refractivity contribution in [3.8, 4) is 0 Å². The minimum Gasteiger partial charge on any atom is -0.392 e. The molecule has 1 aliphatic heterocycles. The smallest absolute Gasteiger partial charge is 0.392 e.